The van der Waals surface area contributed by atoms with Crippen LogP contribution in [0.2, 0.25) is 0 Å². The van der Waals surface area contributed by atoms with Gasteiger partial charge >= 0.3 is 0 Å². The number of nitrogens with zero attached hydrogens (tertiary/aromatic N) is 1. The summed E-state index contributed by atoms with van der Waals surface area (Å²) < 4.78 is 14.7. The van der Waals surface area contributed by atoms with Crippen LogP contribution in [0.3, 0.4) is 0 Å². The number of carbonyl (C=O) groups is 1. The van der Waals surface area contributed by atoms with Crippen molar-refractivity contribution in [2.45, 2.75) is 13.0 Å². The molecule has 1 heterocycles. The van der Waals surface area contributed by atoms with Crippen molar-refractivity contribution in [3.05, 3.63) is 76.4 Å². The molecule has 2 aromatic carbocycles. The molecule has 0 aliphatic carbocycles. The summed E-state index contributed by atoms with van der Waals surface area (Å²) in [4.78, 5) is 19.7. The van der Waals surface area contributed by atoms with Gasteiger partial charge in [0.2, 0.25) is 0 Å². The van der Waals surface area contributed by atoms with Crippen LogP contribution in [0.4, 0.5) is 4.39 Å². The minimum atomic E-state index is -0.544. The molecule has 0 saturated heterocycles. The van der Waals surface area contributed by atoms with Gasteiger partial charge in [-0.15, -0.1) is 0 Å². The van der Waals surface area contributed by atoms with Crippen LogP contribution in [0, 0.1) is 5.82 Å². The van der Waals surface area contributed by atoms with Crippen LogP contribution in [0.25, 0.3) is 11.3 Å². The van der Waals surface area contributed by atoms with Gasteiger partial charge in [-0.3, -0.25) is 4.79 Å². The standard InChI is InChI=1S/C18H15BrFN3O/c1-11(22-18(24)14-4-2-3-5-15(14)20)17-21-10-16(23-17)12-6-8-13(19)9-7-12/h2-11H,1H3,(H,21,23)(H,22,24)/t11-/m0/s1. The first-order valence-corrected chi connectivity index (χ1v) is 8.20. The molecule has 1 amide bonds. The molecule has 0 bridgehead atoms. The predicted molar refractivity (Wildman–Crippen MR) is 94.0 cm³/mol. The molecule has 4 nitrogen and oxygen atoms in total. The number of carbonyl (C=O) groups excluding carboxylic acids is 1. The van der Waals surface area contributed by atoms with E-state index in [-0.39, 0.29) is 11.6 Å². The van der Waals surface area contributed by atoms with Crippen molar-refractivity contribution in [1.82, 2.24) is 15.3 Å². The van der Waals surface area contributed by atoms with Gasteiger partial charge in [-0.1, -0.05) is 40.2 Å². The van der Waals surface area contributed by atoms with E-state index in [0.717, 1.165) is 15.7 Å². The van der Waals surface area contributed by atoms with Crippen LogP contribution in [-0.2, 0) is 0 Å². The van der Waals surface area contributed by atoms with E-state index < -0.39 is 11.7 Å². The van der Waals surface area contributed by atoms with Gasteiger partial charge in [0.05, 0.1) is 23.5 Å². The molecule has 0 spiro atoms. The molecule has 122 valence electrons. The van der Waals surface area contributed by atoms with Crippen LogP contribution in [-0.4, -0.2) is 15.9 Å². The Labute approximate surface area is 147 Å². The van der Waals surface area contributed by atoms with E-state index in [0.29, 0.717) is 5.82 Å². The van der Waals surface area contributed by atoms with Gasteiger partial charge in [-0.25, -0.2) is 9.37 Å². The molecule has 6 heteroatoms. The zero-order valence-electron chi connectivity index (χ0n) is 12.9. The number of amides is 1. The average molecular weight is 388 g/mol. The van der Waals surface area contributed by atoms with Crippen molar-refractivity contribution < 1.29 is 9.18 Å². The zero-order chi connectivity index (χ0) is 17.1. The first-order chi connectivity index (χ1) is 11.5. The molecule has 0 fully saturated rings. The summed E-state index contributed by atoms with van der Waals surface area (Å²) in [6, 6.07) is 13.3. The lowest BCUT2D eigenvalue weighted by Gasteiger charge is -2.12. The van der Waals surface area contributed by atoms with Crippen molar-refractivity contribution >= 4 is 21.8 Å². The molecule has 1 aromatic heterocycles. The van der Waals surface area contributed by atoms with Crippen molar-refractivity contribution in [3.8, 4) is 11.3 Å². The number of hydrogen-bond acceptors (Lipinski definition) is 2. The molecule has 3 rings (SSSR count). The summed E-state index contributed by atoms with van der Waals surface area (Å²) in [5.41, 5.74) is 1.86. The highest BCUT2D eigenvalue weighted by Gasteiger charge is 2.16. The molecule has 24 heavy (non-hydrogen) atoms. The Bertz CT molecular complexity index is 861. The number of aromatic nitrogens is 2. The average Bonchev–Trinajstić information content (AvgIpc) is 3.06. The Morgan fingerprint density at radius 2 is 1.92 bits per heavy atom. The monoisotopic (exact) mass is 387 g/mol. The van der Waals surface area contributed by atoms with Gasteiger partial charge in [-0.2, -0.15) is 0 Å². The van der Waals surface area contributed by atoms with Gasteiger partial charge in [0.15, 0.2) is 0 Å². The summed E-state index contributed by atoms with van der Waals surface area (Å²) >= 11 is 3.40. The van der Waals surface area contributed by atoms with E-state index in [9.17, 15) is 9.18 Å². The number of aromatic amines is 1. The maximum atomic E-state index is 13.7. The largest absolute Gasteiger partial charge is 0.342 e. The highest BCUT2D eigenvalue weighted by molar-refractivity contribution is 9.10. The molecule has 0 aliphatic heterocycles. The maximum Gasteiger partial charge on any atom is 0.254 e. The van der Waals surface area contributed by atoms with Crippen LogP contribution in [0.15, 0.2) is 59.2 Å². The van der Waals surface area contributed by atoms with Gasteiger partial charge in [0.25, 0.3) is 5.91 Å². The summed E-state index contributed by atoms with van der Waals surface area (Å²) in [6.07, 6.45) is 1.71. The van der Waals surface area contributed by atoms with Crippen LogP contribution in [0.5, 0.6) is 0 Å². The fourth-order valence-corrected chi connectivity index (χ4v) is 2.59. The maximum absolute atomic E-state index is 13.7. The number of H-pyrrole nitrogens is 1. The van der Waals surface area contributed by atoms with E-state index in [1.807, 2.05) is 24.3 Å². The topological polar surface area (TPSA) is 57.8 Å². The Hall–Kier alpha value is -2.47. The molecule has 0 aliphatic rings. The fourth-order valence-electron chi connectivity index (χ4n) is 2.32. The van der Waals surface area contributed by atoms with Gasteiger partial charge < -0.3 is 10.3 Å². The number of halogens is 2. The lowest BCUT2D eigenvalue weighted by atomic mass is 10.2. The minimum Gasteiger partial charge on any atom is -0.342 e. The van der Waals surface area contributed by atoms with E-state index in [4.69, 9.17) is 0 Å². The van der Waals surface area contributed by atoms with Gasteiger partial charge in [0, 0.05) is 4.47 Å². The predicted octanol–water partition coefficient (Wildman–Crippen LogP) is 4.47. The van der Waals surface area contributed by atoms with Crippen LogP contribution < -0.4 is 5.32 Å². The van der Waals surface area contributed by atoms with Crippen molar-refractivity contribution in [2.75, 3.05) is 0 Å². The lowest BCUT2D eigenvalue weighted by Crippen LogP contribution is -2.28. The molecule has 2 N–H and O–H groups in total. The first kappa shape index (κ1) is 16.4. The molecular weight excluding hydrogens is 373 g/mol. The minimum absolute atomic E-state index is 0.0176. The van der Waals surface area contributed by atoms with Gasteiger partial charge in [-0.05, 0) is 36.8 Å². The highest BCUT2D eigenvalue weighted by Crippen LogP contribution is 2.21. The molecule has 1 atom stereocenters. The van der Waals surface area contributed by atoms with E-state index in [2.05, 4.69) is 31.2 Å². The molecule has 0 saturated carbocycles. The number of nitrogens with one attached hydrogen (secondary N) is 2. The third-order valence-corrected chi connectivity index (χ3v) is 4.16. The summed E-state index contributed by atoms with van der Waals surface area (Å²) in [5.74, 6) is -0.406. The fraction of sp³-hybridized carbons (Fsp3) is 0.111. The second kappa shape index (κ2) is 6.97. The Morgan fingerprint density at radius 3 is 2.62 bits per heavy atom. The van der Waals surface area contributed by atoms with E-state index in [1.54, 1.807) is 25.3 Å². The number of imidazole rings is 1. The van der Waals surface area contributed by atoms with E-state index >= 15 is 0 Å². The van der Waals surface area contributed by atoms with Gasteiger partial charge in [0.1, 0.15) is 11.6 Å². The van der Waals surface area contributed by atoms with Crippen molar-refractivity contribution in [2.24, 2.45) is 0 Å². The first-order valence-electron chi connectivity index (χ1n) is 7.41. The molecular formula is C18H15BrFN3O. The van der Waals surface area contributed by atoms with Crippen LogP contribution >= 0.6 is 15.9 Å². The zero-order valence-corrected chi connectivity index (χ0v) is 14.5. The second-order valence-corrected chi connectivity index (χ2v) is 6.28. The van der Waals surface area contributed by atoms with Crippen LogP contribution in [0.1, 0.15) is 29.1 Å². The Kier molecular flexibility index (Phi) is 4.76. The third-order valence-electron chi connectivity index (χ3n) is 3.63. The van der Waals surface area contributed by atoms with Crippen molar-refractivity contribution in [3.63, 3.8) is 0 Å². The normalized spacial score (nSPS) is 12.0. The number of hydrogen-bond donors (Lipinski definition) is 2. The Balaban J connectivity index is 1.74. The molecule has 0 radical (unpaired) electrons. The number of benzene rings is 2. The summed E-state index contributed by atoms with van der Waals surface area (Å²) in [5, 5.41) is 2.75. The second-order valence-electron chi connectivity index (χ2n) is 5.36. The van der Waals surface area contributed by atoms with E-state index in [1.165, 1.54) is 12.1 Å². The smallest absolute Gasteiger partial charge is 0.254 e. The number of rotatable bonds is 4. The SMILES string of the molecule is C[C@H](NC(=O)c1ccccc1F)c1ncc(-c2ccc(Br)cc2)[nH]1. The van der Waals surface area contributed by atoms with Crippen molar-refractivity contribution in [1.29, 1.82) is 0 Å². The third kappa shape index (κ3) is 3.54. The Morgan fingerprint density at radius 1 is 1.21 bits per heavy atom. The molecule has 0 unspecified atom stereocenters. The summed E-state index contributed by atoms with van der Waals surface area (Å²) in [6.45, 7) is 1.79. The molecule has 3 aromatic rings. The summed E-state index contributed by atoms with van der Waals surface area (Å²) in [7, 11) is 0. The quantitative estimate of drug-likeness (QED) is 0.693. The highest BCUT2D eigenvalue weighted by atomic mass is 79.9. The lowest BCUT2D eigenvalue weighted by molar-refractivity contribution is 0.0934.